The standard InChI is InChI=1S/C17H10ClNO/c18-15-10-12(11-19)8-9-17(15)20-16-7-3-5-13-4-1-2-6-14(13)16/h1-10H. The highest BCUT2D eigenvalue weighted by Crippen LogP contribution is 2.33. The Morgan fingerprint density at radius 2 is 1.70 bits per heavy atom. The highest BCUT2D eigenvalue weighted by molar-refractivity contribution is 6.32. The molecular weight excluding hydrogens is 270 g/mol. The molecule has 0 aliphatic rings. The lowest BCUT2D eigenvalue weighted by Crippen LogP contribution is -1.87. The van der Waals surface area contributed by atoms with Crippen LogP contribution < -0.4 is 4.74 Å². The fourth-order valence-electron chi connectivity index (χ4n) is 2.06. The number of halogens is 1. The molecule has 0 saturated heterocycles. The topological polar surface area (TPSA) is 33.0 Å². The molecule has 0 spiro atoms. The molecule has 3 aromatic rings. The van der Waals surface area contributed by atoms with Crippen molar-refractivity contribution in [3.63, 3.8) is 0 Å². The van der Waals surface area contributed by atoms with Crippen LogP contribution in [0.25, 0.3) is 10.8 Å². The number of fused-ring (bicyclic) bond motifs is 1. The molecule has 0 radical (unpaired) electrons. The molecule has 3 rings (SSSR count). The predicted octanol–water partition coefficient (Wildman–Crippen LogP) is 5.16. The van der Waals surface area contributed by atoms with Gasteiger partial charge in [-0.05, 0) is 29.7 Å². The molecular formula is C17H10ClNO. The van der Waals surface area contributed by atoms with E-state index in [-0.39, 0.29) is 0 Å². The Kier molecular flexibility index (Phi) is 3.28. The van der Waals surface area contributed by atoms with E-state index in [0.717, 1.165) is 16.5 Å². The van der Waals surface area contributed by atoms with Gasteiger partial charge in [0.15, 0.2) is 0 Å². The van der Waals surface area contributed by atoms with Crippen LogP contribution in [0.4, 0.5) is 0 Å². The van der Waals surface area contributed by atoms with Gasteiger partial charge in [-0.15, -0.1) is 0 Å². The minimum absolute atomic E-state index is 0.428. The van der Waals surface area contributed by atoms with Gasteiger partial charge in [-0.3, -0.25) is 0 Å². The normalized spacial score (nSPS) is 10.2. The summed E-state index contributed by atoms with van der Waals surface area (Å²) in [4.78, 5) is 0. The lowest BCUT2D eigenvalue weighted by Gasteiger charge is -2.10. The van der Waals surface area contributed by atoms with Crippen LogP contribution in [0.1, 0.15) is 5.56 Å². The van der Waals surface area contributed by atoms with E-state index in [4.69, 9.17) is 21.6 Å². The molecule has 0 aliphatic carbocycles. The van der Waals surface area contributed by atoms with E-state index in [0.29, 0.717) is 16.3 Å². The van der Waals surface area contributed by atoms with Crippen LogP contribution in [0.2, 0.25) is 5.02 Å². The molecule has 0 atom stereocenters. The smallest absolute Gasteiger partial charge is 0.146 e. The molecule has 0 heterocycles. The minimum Gasteiger partial charge on any atom is -0.455 e. The number of nitrogens with zero attached hydrogens (tertiary/aromatic N) is 1. The monoisotopic (exact) mass is 279 g/mol. The van der Waals surface area contributed by atoms with Gasteiger partial charge in [0.2, 0.25) is 0 Å². The van der Waals surface area contributed by atoms with E-state index in [1.165, 1.54) is 0 Å². The first-order chi connectivity index (χ1) is 9.78. The zero-order valence-corrected chi connectivity index (χ0v) is 11.3. The van der Waals surface area contributed by atoms with Crippen molar-refractivity contribution in [3.05, 3.63) is 71.2 Å². The molecule has 96 valence electrons. The molecule has 3 aromatic carbocycles. The van der Waals surface area contributed by atoms with Crippen LogP contribution in [0.5, 0.6) is 11.5 Å². The van der Waals surface area contributed by atoms with E-state index in [1.807, 2.05) is 48.5 Å². The third-order valence-electron chi connectivity index (χ3n) is 3.03. The minimum atomic E-state index is 0.428. The zero-order valence-electron chi connectivity index (χ0n) is 10.5. The molecule has 2 nitrogen and oxygen atoms in total. The van der Waals surface area contributed by atoms with Gasteiger partial charge >= 0.3 is 0 Å². The molecule has 0 N–H and O–H groups in total. The summed E-state index contributed by atoms with van der Waals surface area (Å²) in [7, 11) is 0. The Balaban J connectivity index is 2.04. The second-order valence-corrected chi connectivity index (χ2v) is 4.74. The van der Waals surface area contributed by atoms with Crippen LogP contribution >= 0.6 is 11.6 Å². The van der Waals surface area contributed by atoms with E-state index in [2.05, 4.69) is 0 Å². The fourth-order valence-corrected chi connectivity index (χ4v) is 2.28. The quantitative estimate of drug-likeness (QED) is 0.649. The first kappa shape index (κ1) is 12.5. The number of benzene rings is 3. The van der Waals surface area contributed by atoms with Crippen LogP contribution in [0.15, 0.2) is 60.7 Å². The first-order valence-electron chi connectivity index (χ1n) is 6.13. The predicted molar refractivity (Wildman–Crippen MR) is 80.2 cm³/mol. The molecule has 0 aromatic heterocycles. The van der Waals surface area contributed by atoms with Gasteiger partial charge < -0.3 is 4.74 Å². The molecule has 20 heavy (non-hydrogen) atoms. The fraction of sp³-hybridized carbons (Fsp3) is 0. The van der Waals surface area contributed by atoms with Crippen molar-refractivity contribution < 1.29 is 4.74 Å². The first-order valence-corrected chi connectivity index (χ1v) is 6.51. The molecule has 0 unspecified atom stereocenters. The summed E-state index contributed by atoms with van der Waals surface area (Å²) in [5, 5.41) is 11.4. The van der Waals surface area contributed by atoms with Gasteiger partial charge in [0.25, 0.3) is 0 Å². The van der Waals surface area contributed by atoms with Gasteiger partial charge in [-0.25, -0.2) is 0 Å². The van der Waals surface area contributed by atoms with Crippen molar-refractivity contribution in [2.45, 2.75) is 0 Å². The van der Waals surface area contributed by atoms with E-state index < -0.39 is 0 Å². The number of hydrogen-bond donors (Lipinski definition) is 0. The van der Waals surface area contributed by atoms with E-state index in [9.17, 15) is 0 Å². The van der Waals surface area contributed by atoms with Crippen LogP contribution in [-0.4, -0.2) is 0 Å². The molecule has 0 amide bonds. The molecule has 0 aliphatic heterocycles. The maximum atomic E-state index is 8.83. The Labute approximate surface area is 121 Å². The lowest BCUT2D eigenvalue weighted by atomic mass is 10.1. The summed E-state index contributed by atoms with van der Waals surface area (Å²) in [5.41, 5.74) is 0.514. The third-order valence-corrected chi connectivity index (χ3v) is 3.33. The van der Waals surface area contributed by atoms with Crippen molar-refractivity contribution in [1.29, 1.82) is 5.26 Å². The van der Waals surface area contributed by atoms with Gasteiger partial charge in [0.1, 0.15) is 11.5 Å². The average molecular weight is 280 g/mol. The third kappa shape index (κ3) is 2.32. The van der Waals surface area contributed by atoms with E-state index >= 15 is 0 Å². The highest BCUT2D eigenvalue weighted by Gasteiger charge is 2.07. The largest absolute Gasteiger partial charge is 0.455 e. The maximum absolute atomic E-state index is 8.83. The van der Waals surface area contributed by atoms with Gasteiger partial charge in [0.05, 0.1) is 16.7 Å². The number of nitriles is 1. The van der Waals surface area contributed by atoms with Crippen molar-refractivity contribution in [3.8, 4) is 17.6 Å². The lowest BCUT2D eigenvalue weighted by molar-refractivity contribution is 0.488. The Bertz CT molecular complexity index is 815. The van der Waals surface area contributed by atoms with Crippen molar-refractivity contribution >= 4 is 22.4 Å². The summed E-state index contributed by atoms with van der Waals surface area (Å²) in [6.07, 6.45) is 0. The zero-order chi connectivity index (χ0) is 13.9. The summed E-state index contributed by atoms with van der Waals surface area (Å²) in [5.74, 6) is 1.29. The van der Waals surface area contributed by atoms with Gasteiger partial charge in [-0.1, -0.05) is 48.0 Å². The van der Waals surface area contributed by atoms with Crippen molar-refractivity contribution in [1.82, 2.24) is 0 Å². The van der Waals surface area contributed by atoms with Crippen LogP contribution in [0, 0.1) is 11.3 Å². The number of hydrogen-bond acceptors (Lipinski definition) is 2. The summed E-state index contributed by atoms with van der Waals surface area (Å²) < 4.78 is 5.88. The van der Waals surface area contributed by atoms with Gasteiger partial charge in [-0.2, -0.15) is 5.26 Å². The Morgan fingerprint density at radius 3 is 2.50 bits per heavy atom. The van der Waals surface area contributed by atoms with Crippen LogP contribution in [0.3, 0.4) is 0 Å². The maximum Gasteiger partial charge on any atom is 0.146 e. The van der Waals surface area contributed by atoms with Crippen molar-refractivity contribution in [2.24, 2.45) is 0 Å². The number of ether oxygens (including phenoxy) is 1. The summed E-state index contributed by atoms with van der Waals surface area (Å²) >= 11 is 6.13. The molecule has 3 heteroatoms. The second-order valence-electron chi connectivity index (χ2n) is 4.34. The van der Waals surface area contributed by atoms with Crippen molar-refractivity contribution in [2.75, 3.05) is 0 Å². The highest BCUT2D eigenvalue weighted by atomic mass is 35.5. The Hall–Kier alpha value is -2.50. The van der Waals surface area contributed by atoms with E-state index in [1.54, 1.807) is 18.2 Å². The second kappa shape index (κ2) is 5.24. The SMILES string of the molecule is N#Cc1ccc(Oc2cccc3ccccc23)c(Cl)c1. The van der Waals surface area contributed by atoms with Crippen LogP contribution in [-0.2, 0) is 0 Å². The van der Waals surface area contributed by atoms with Gasteiger partial charge in [0, 0.05) is 5.39 Å². The summed E-state index contributed by atoms with van der Waals surface area (Å²) in [6.45, 7) is 0. The molecule has 0 saturated carbocycles. The average Bonchev–Trinajstić information content (AvgIpc) is 2.49. The Morgan fingerprint density at radius 1 is 0.900 bits per heavy atom. The summed E-state index contributed by atoms with van der Waals surface area (Å²) in [6, 6.07) is 20.9. The molecule has 0 fully saturated rings. The number of rotatable bonds is 2. The molecule has 0 bridgehead atoms.